The highest BCUT2D eigenvalue weighted by Crippen LogP contribution is 2.37. The summed E-state index contributed by atoms with van der Waals surface area (Å²) < 4.78 is 13.1. The minimum Gasteiger partial charge on any atom is -0.370 e. The number of aromatic nitrogens is 3. The lowest BCUT2D eigenvalue weighted by atomic mass is 9.83. The van der Waals surface area contributed by atoms with E-state index in [1.165, 1.54) is 0 Å². The van der Waals surface area contributed by atoms with Crippen molar-refractivity contribution < 1.29 is 18.8 Å². The SMILES string of the molecule is Cc1cc(C(=O)N2CCC3(CC2)Cc2c(c(C(=O)NC4CC4)nn2C)CO3)no1. The zero-order chi connectivity index (χ0) is 20.2. The van der Waals surface area contributed by atoms with Gasteiger partial charge in [0, 0.05) is 49.9 Å². The Balaban J connectivity index is 1.28. The van der Waals surface area contributed by atoms with Crippen LogP contribution in [0.3, 0.4) is 0 Å². The molecule has 0 aromatic carbocycles. The number of nitrogens with zero attached hydrogens (tertiary/aromatic N) is 4. The van der Waals surface area contributed by atoms with Gasteiger partial charge in [0.2, 0.25) is 0 Å². The van der Waals surface area contributed by atoms with Gasteiger partial charge in [-0.25, -0.2) is 0 Å². The maximum atomic E-state index is 12.6. The molecule has 1 N–H and O–H groups in total. The van der Waals surface area contributed by atoms with Gasteiger partial charge in [-0.3, -0.25) is 14.3 Å². The number of hydrogen-bond acceptors (Lipinski definition) is 6. The Morgan fingerprint density at radius 3 is 2.69 bits per heavy atom. The number of carbonyl (C=O) groups is 2. The van der Waals surface area contributed by atoms with Crippen LogP contribution in [0, 0.1) is 6.92 Å². The maximum absolute atomic E-state index is 12.6. The fourth-order valence-electron chi connectivity index (χ4n) is 4.29. The number of carbonyl (C=O) groups excluding carboxylic acids is 2. The van der Waals surface area contributed by atoms with E-state index in [0.717, 1.165) is 36.9 Å². The fraction of sp³-hybridized carbons (Fsp3) is 0.600. The molecule has 154 valence electrons. The number of fused-ring (bicyclic) bond motifs is 1. The smallest absolute Gasteiger partial charge is 0.276 e. The first-order valence-corrected chi connectivity index (χ1v) is 10.2. The lowest BCUT2D eigenvalue weighted by molar-refractivity contribution is -0.0990. The highest BCUT2D eigenvalue weighted by molar-refractivity contribution is 5.94. The first-order valence-electron chi connectivity index (χ1n) is 10.2. The van der Waals surface area contributed by atoms with E-state index in [2.05, 4.69) is 15.6 Å². The highest BCUT2D eigenvalue weighted by atomic mass is 16.5. The van der Waals surface area contributed by atoms with Gasteiger partial charge in [0.15, 0.2) is 11.4 Å². The summed E-state index contributed by atoms with van der Waals surface area (Å²) in [5, 5.41) is 11.3. The van der Waals surface area contributed by atoms with Gasteiger partial charge in [-0.1, -0.05) is 5.16 Å². The summed E-state index contributed by atoms with van der Waals surface area (Å²) in [6.07, 6.45) is 4.27. The number of amides is 2. The second kappa shape index (κ2) is 6.69. The second-order valence-corrected chi connectivity index (χ2v) is 8.41. The average Bonchev–Trinajstić information content (AvgIpc) is 3.33. The molecule has 1 aliphatic carbocycles. The zero-order valence-corrected chi connectivity index (χ0v) is 16.7. The van der Waals surface area contributed by atoms with Crippen molar-refractivity contribution in [3.63, 3.8) is 0 Å². The summed E-state index contributed by atoms with van der Waals surface area (Å²) in [4.78, 5) is 26.9. The van der Waals surface area contributed by atoms with Crippen LogP contribution in [-0.2, 0) is 24.8 Å². The molecule has 1 spiro atoms. The van der Waals surface area contributed by atoms with Crippen molar-refractivity contribution in [1.29, 1.82) is 0 Å². The lowest BCUT2D eigenvalue weighted by Gasteiger charge is -2.43. The molecule has 0 bridgehead atoms. The third-order valence-electron chi connectivity index (χ3n) is 6.22. The number of rotatable bonds is 3. The molecule has 9 nitrogen and oxygen atoms in total. The van der Waals surface area contributed by atoms with Crippen molar-refractivity contribution in [1.82, 2.24) is 25.2 Å². The van der Waals surface area contributed by atoms with Crippen molar-refractivity contribution in [2.75, 3.05) is 13.1 Å². The topological polar surface area (TPSA) is 102 Å². The van der Waals surface area contributed by atoms with Gasteiger partial charge >= 0.3 is 0 Å². The van der Waals surface area contributed by atoms with Crippen LogP contribution in [0.15, 0.2) is 10.6 Å². The molecule has 4 heterocycles. The summed E-state index contributed by atoms with van der Waals surface area (Å²) >= 11 is 0. The van der Waals surface area contributed by atoms with Crippen molar-refractivity contribution in [3.8, 4) is 0 Å². The minimum atomic E-state index is -0.318. The van der Waals surface area contributed by atoms with E-state index < -0.39 is 0 Å². The van der Waals surface area contributed by atoms with Crippen molar-refractivity contribution in [2.24, 2.45) is 7.05 Å². The Labute approximate surface area is 168 Å². The van der Waals surface area contributed by atoms with Crippen LogP contribution in [0.5, 0.6) is 0 Å². The molecule has 5 rings (SSSR count). The largest absolute Gasteiger partial charge is 0.370 e. The summed E-state index contributed by atoms with van der Waals surface area (Å²) in [6, 6.07) is 1.96. The van der Waals surface area contributed by atoms with E-state index in [0.29, 0.717) is 49.3 Å². The summed E-state index contributed by atoms with van der Waals surface area (Å²) in [6.45, 7) is 3.36. The van der Waals surface area contributed by atoms with Gasteiger partial charge in [-0.05, 0) is 32.6 Å². The first-order chi connectivity index (χ1) is 13.9. The summed E-state index contributed by atoms with van der Waals surface area (Å²) in [7, 11) is 1.89. The van der Waals surface area contributed by atoms with Gasteiger partial charge in [0.1, 0.15) is 5.76 Å². The number of nitrogens with one attached hydrogen (secondary N) is 1. The van der Waals surface area contributed by atoms with E-state index in [4.69, 9.17) is 9.26 Å². The number of piperidine rings is 1. The molecule has 9 heteroatoms. The minimum absolute atomic E-state index is 0.104. The molecule has 3 aliphatic rings. The van der Waals surface area contributed by atoms with Crippen LogP contribution in [-0.4, -0.2) is 56.4 Å². The predicted octanol–water partition coefficient (Wildman–Crippen LogP) is 1.36. The van der Waals surface area contributed by atoms with Crippen molar-refractivity contribution >= 4 is 11.8 Å². The number of hydrogen-bond donors (Lipinski definition) is 1. The summed E-state index contributed by atoms with van der Waals surface area (Å²) in [5.41, 5.74) is 2.47. The van der Waals surface area contributed by atoms with E-state index in [-0.39, 0.29) is 17.4 Å². The van der Waals surface area contributed by atoms with Crippen LogP contribution in [0.25, 0.3) is 0 Å². The molecule has 0 atom stereocenters. The van der Waals surface area contributed by atoms with E-state index in [1.807, 2.05) is 11.7 Å². The number of aryl methyl sites for hydroxylation is 2. The first kappa shape index (κ1) is 18.4. The Morgan fingerprint density at radius 2 is 2.03 bits per heavy atom. The van der Waals surface area contributed by atoms with Crippen molar-refractivity contribution in [3.05, 3.63) is 34.5 Å². The van der Waals surface area contributed by atoms with Gasteiger partial charge in [0.25, 0.3) is 11.8 Å². The lowest BCUT2D eigenvalue weighted by Crippen LogP contribution is -2.50. The molecule has 1 saturated carbocycles. The Hall–Kier alpha value is -2.68. The van der Waals surface area contributed by atoms with Crippen molar-refractivity contribution in [2.45, 2.75) is 57.3 Å². The molecule has 0 unspecified atom stereocenters. The van der Waals surface area contributed by atoms with Crippen LogP contribution in [0.1, 0.15) is 63.7 Å². The van der Waals surface area contributed by atoms with E-state index in [1.54, 1.807) is 17.9 Å². The Kier molecular flexibility index (Phi) is 4.23. The molecule has 2 amide bonds. The normalized spacial score (nSPS) is 20.6. The van der Waals surface area contributed by atoms with E-state index in [9.17, 15) is 9.59 Å². The van der Waals surface area contributed by atoms with Crippen LogP contribution >= 0.6 is 0 Å². The molecule has 2 fully saturated rings. The average molecular weight is 399 g/mol. The molecular formula is C20H25N5O4. The van der Waals surface area contributed by atoms with Gasteiger partial charge in [-0.2, -0.15) is 5.10 Å². The third kappa shape index (κ3) is 3.33. The molecule has 1 saturated heterocycles. The van der Waals surface area contributed by atoms with Gasteiger partial charge in [-0.15, -0.1) is 0 Å². The van der Waals surface area contributed by atoms with Crippen LogP contribution in [0.2, 0.25) is 0 Å². The summed E-state index contributed by atoms with van der Waals surface area (Å²) in [5.74, 6) is 0.419. The molecule has 2 aromatic heterocycles. The van der Waals surface area contributed by atoms with E-state index >= 15 is 0 Å². The number of likely N-dealkylation sites (tertiary alicyclic amines) is 1. The standard InChI is InChI=1S/C20H25N5O4/c1-12-9-15(23-29-12)19(27)25-7-5-20(6-8-25)10-16-14(11-28-20)17(22-24(16)2)18(26)21-13-3-4-13/h9,13H,3-8,10-11H2,1-2H3,(H,21,26). The molecule has 29 heavy (non-hydrogen) atoms. The molecule has 0 radical (unpaired) electrons. The van der Waals surface area contributed by atoms with Gasteiger partial charge in [0.05, 0.1) is 12.2 Å². The Bertz CT molecular complexity index is 966. The molecular weight excluding hydrogens is 374 g/mol. The second-order valence-electron chi connectivity index (χ2n) is 8.41. The van der Waals surface area contributed by atoms with Crippen LogP contribution < -0.4 is 5.32 Å². The molecule has 2 aromatic rings. The predicted molar refractivity (Wildman–Crippen MR) is 101 cm³/mol. The highest BCUT2D eigenvalue weighted by Gasteiger charge is 2.43. The quantitative estimate of drug-likeness (QED) is 0.836. The molecule has 2 aliphatic heterocycles. The third-order valence-corrected chi connectivity index (χ3v) is 6.22. The zero-order valence-electron chi connectivity index (χ0n) is 16.7. The van der Waals surface area contributed by atoms with Gasteiger partial charge < -0.3 is 19.5 Å². The Morgan fingerprint density at radius 1 is 1.28 bits per heavy atom. The number of ether oxygens (including phenoxy) is 1. The monoisotopic (exact) mass is 399 g/mol. The fourth-order valence-corrected chi connectivity index (χ4v) is 4.29. The maximum Gasteiger partial charge on any atom is 0.276 e. The van der Waals surface area contributed by atoms with Crippen LogP contribution in [0.4, 0.5) is 0 Å².